The van der Waals surface area contributed by atoms with Gasteiger partial charge in [0.05, 0.1) is 22.5 Å². The molecule has 220 valence electrons. The van der Waals surface area contributed by atoms with Gasteiger partial charge < -0.3 is 39.2 Å². The second kappa shape index (κ2) is 21.8. The van der Waals surface area contributed by atoms with Crippen LogP contribution in [0.25, 0.3) is 0 Å². The number of hydrogen-bond donors (Lipinski definition) is 4. The van der Waals surface area contributed by atoms with Crippen LogP contribution in [-0.4, -0.2) is 95.1 Å². The van der Waals surface area contributed by atoms with Gasteiger partial charge in [0, 0.05) is 6.42 Å². The van der Waals surface area contributed by atoms with Crippen molar-refractivity contribution in [2.45, 2.75) is 134 Å². The van der Waals surface area contributed by atoms with Gasteiger partial charge in [-0.15, -0.1) is 0 Å². The summed E-state index contributed by atoms with van der Waals surface area (Å²) in [7, 11) is -4.78. The number of carbonyl (C=O) groups is 1. The molecule has 0 aromatic heterocycles. The maximum atomic E-state index is 11.9. The van der Waals surface area contributed by atoms with Crippen LogP contribution in [0, 0.1) is 0 Å². The quantitative estimate of drug-likeness (QED) is 0.0552. The van der Waals surface area contributed by atoms with Gasteiger partial charge in [-0.1, -0.05) is 84.0 Å². The minimum Gasteiger partial charge on any atom is -0.748 e. The van der Waals surface area contributed by atoms with Crippen molar-refractivity contribution in [2.24, 2.45) is 0 Å². The second-order valence-electron chi connectivity index (χ2n) is 9.90. The zero-order valence-corrected chi connectivity index (χ0v) is 25.9. The maximum Gasteiger partial charge on any atom is 1.00 e. The van der Waals surface area contributed by atoms with Gasteiger partial charge in [0.25, 0.3) is 0 Å². The van der Waals surface area contributed by atoms with Crippen LogP contribution in [-0.2, 0) is 29.1 Å². The van der Waals surface area contributed by atoms with Crippen molar-refractivity contribution in [3.8, 4) is 0 Å². The first kappa shape index (κ1) is 38.1. The van der Waals surface area contributed by atoms with Crippen molar-refractivity contribution in [3.05, 3.63) is 0 Å². The van der Waals surface area contributed by atoms with E-state index in [4.69, 9.17) is 14.2 Å². The molecule has 0 aromatic carbocycles. The van der Waals surface area contributed by atoms with E-state index in [0.717, 1.165) is 19.3 Å². The molecule has 38 heavy (non-hydrogen) atoms. The average Bonchev–Trinajstić information content (AvgIpc) is 2.84. The Hall–Kier alpha value is 0.140. The van der Waals surface area contributed by atoms with E-state index < -0.39 is 65.3 Å². The van der Waals surface area contributed by atoms with E-state index in [2.05, 4.69) is 6.92 Å². The molecule has 0 spiro atoms. The van der Waals surface area contributed by atoms with Crippen molar-refractivity contribution < 1.29 is 82.0 Å². The van der Waals surface area contributed by atoms with Crippen LogP contribution in [0.15, 0.2) is 0 Å². The summed E-state index contributed by atoms with van der Waals surface area (Å²) in [6.45, 7) is 1.40. The van der Waals surface area contributed by atoms with E-state index in [-0.39, 0.29) is 42.6 Å². The minimum absolute atomic E-state index is 0. The summed E-state index contributed by atoms with van der Waals surface area (Å²) in [5, 5.41) is 39.6. The van der Waals surface area contributed by atoms with Gasteiger partial charge in [0.2, 0.25) is 0 Å². The van der Waals surface area contributed by atoms with E-state index >= 15 is 0 Å². The van der Waals surface area contributed by atoms with E-state index in [9.17, 15) is 38.2 Å². The smallest absolute Gasteiger partial charge is 0.748 e. The molecule has 1 rings (SSSR count). The van der Waals surface area contributed by atoms with Crippen molar-refractivity contribution in [2.75, 3.05) is 19.0 Å². The molecule has 6 atom stereocenters. The molecule has 1 aliphatic heterocycles. The maximum absolute atomic E-state index is 11.9. The molecule has 1 aliphatic rings. The molecule has 0 amide bonds. The summed E-state index contributed by atoms with van der Waals surface area (Å²) in [4.78, 5) is 11.9. The Morgan fingerprint density at radius 3 is 1.84 bits per heavy atom. The number of hydrogen-bond acceptors (Lipinski definition) is 11. The molecule has 0 aliphatic carbocycles. The molecule has 0 radical (unpaired) electrons. The molecule has 1 fully saturated rings. The minimum atomic E-state index is -4.78. The molecular formula is C25H47NaO11S. The average molecular weight is 579 g/mol. The molecule has 0 saturated carbocycles. The van der Waals surface area contributed by atoms with Crippen molar-refractivity contribution in [3.63, 3.8) is 0 Å². The van der Waals surface area contributed by atoms with E-state index in [1.165, 1.54) is 57.8 Å². The van der Waals surface area contributed by atoms with Crippen LogP contribution in [0.4, 0.5) is 0 Å². The Bertz CT molecular complexity index is 709. The Kier molecular flexibility index (Phi) is 21.9. The largest absolute Gasteiger partial charge is 1.00 e. The summed E-state index contributed by atoms with van der Waals surface area (Å²) in [5.41, 5.74) is 0. The summed E-state index contributed by atoms with van der Waals surface area (Å²) in [5.74, 6) is -1.58. The normalized spacial score (nSPS) is 24.5. The number of aliphatic hydroxyl groups is 4. The van der Waals surface area contributed by atoms with Gasteiger partial charge in [0.1, 0.15) is 37.1 Å². The Morgan fingerprint density at radius 2 is 1.34 bits per heavy atom. The SMILES string of the molecule is CCCCCCCCCCCCCCCC(=O)OCC(O)CO[C@H]1O[C@H](CS(=O)(=O)[O-])[C@@H](O)[C@H](O)[C@@H]1O.[Na+]. The first-order valence-corrected chi connectivity index (χ1v) is 15.2. The Balaban J connectivity index is 0.0000137. The molecule has 1 heterocycles. The fourth-order valence-corrected chi connectivity index (χ4v) is 4.87. The number of rotatable bonds is 21. The van der Waals surface area contributed by atoms with E-state index in [1.807, 2.05) is 0 Å². The number of aliphatic hydroxyl groups excluding tert-OH is 4. The fraction of sp³-hybridized carbons (Fsp3) is 0.960. The zero-order chi connectivity index (χ0) is 27.7. The molecule has 4 N–H and O–H groups in total. The number of ether oxygens (including phenoxy) is 3. The van der Waals surface area contributed by atoms with Crippen LogP contribution in [0.2, 0.25) is 0 Å². The summed E-state index contributed by atoms with van der Waals surface area (Å²) < 4.78 is 48.1. The van der Waals surface area contributed by atoms with Gasteiger partial charge in [0.15, 0.2) is 6.29 Å². The monoisotopic (exact) mass is 578 g/mol. The van der Waals surface area contributed by atoms with Crippen molar-refractivity contribution in [1.82, 2.24) is 0 Å². The third-order valence-electron chi connectivity index (χ3n) is 6.41. The summed E-state index contributed by atoms with van der Waals surface area (Å²) in [6, 6.07) is 0. The standard InChI is InChI=1S/C25H48O11S.Na/c1-2-3-4-5-6-7-8-9-10-11-12-13-14-15-21(27)34-16-19(26)17-35-25-24(30)23(29)22(28)20(36-25)18-37(31,32)33;/h19-20,22-26,28-30H,2-18H2,1H3,(H,31,32,33);/q;+1/p-1/t19?,20-,22-,23+,24+,25+;/m1./s1. The molecule has 0 bridgehead atoms. The van der Waals surface area contributed by atoms with E-state index in [0.29, 0.717) is 6.42 Å². The molecule has 0 aromatic rings. The Morgan fingerprint density at radius 1 is 0.842 bits per heavy atom. The van der Waals surface area contributed by atoms with Gasteiger partial charge in [-0.2, -0.15) is 0 Å². The zero-order valence-electron chi connectivity index (χ0n) is 23.0. The van der Waals surface area contributed by atoms with Crippen LogP contribution in [0.3, 0.4) is 0 Å². The summed E-state index contributed by atoms with van der Waals surface area (Å²) >= 11 is 0. The van der Waals surface area contributed by atoms with Crippen LogP contribution in [0.5, 0.6) is 0 Å². The third-order valence-corrected chi connectivity index (χ3v) is 7.15. The van der Waals surface area contributed by atoms with Gasteiger partial charge in [-0.3, -0.25) is 4.79 Å². The Labute approximate surface area is 249 Å². The number of esters is 1. The number of unbranched alkanes of at least 4 members (excludes halogenated alkanes) is 12. The molecule has 1 saturated heterocycles. The predicted molar refractivity (Wildman–Crippen MR) is 134 cm³/mol. The topological polar surface area (TPSA) is 183 Å². The van der Waals surface area contributed by atoms with Gasteiger partial charge in [-0.25, -0.2) is 8.42 Å². The molecule has 13 heteroatoms. The van der Waals surface area contributed by atoms with Crippen molar-refractivity contribution in [1.29, 1.82) is 0 Å². The number of carbonyl (C=O) groups excluding carboxylic acids is 1. The molecular weight excluding hydrogens is 531 g/mol. The first-order chi connectivity index (χ1) is 17.5. The third kappa shape index (κ3) is 17.8. The fourth-order valence-electron chi connectivity index (χ4n) is 4.20. The predicted octanol–water partition coefficient (Wildman–Crippen LogP) is -1.25. The van der Waals surface area contributed by atoms with Crippen molar-refractivity contribution >= 4 is 16.1 Å². The van der Waals surface area contributed by atoms with Gasteiger partial charge in [-0.05, 0) is 6.42 Å². The van der Waals surface area contributed by atoms with Gasteiger partial charge >= 0.3 is 35.5 Å². The molecule has 11 nitrogen and oxygen atoms in total. The molecule has 1 unspecified atom stereocenters. The second-order valence-corrected chi connectivity index (χ2v) is 11.4. The van der Waals surface area contributed by atoms with Crippen LogP contribution in [0.1, 0.15) is 96.8 Å². The van der Waals surface area contributed by atoms with Crippen LogP contribution >= 0.6 is 0 Å². The first-order valence-electron chi connectivity index (χ1n) is 13.6. The van der Waals surface area contributed by atoms with E-state index in [1.54, 1.807) is 0 Å². The van der Waals surface area contributed by atoms with Crippen LogP contribution < -0.4 is 29.6 Å². The summed E-state index contributed by atoms with van der Waals surface area (Å²) in [6.07, 6.45) is 5.99.